The Morgan fingerprint density at radius 2 is 1.82 bits per heavy atom. The van der Waals surface area contributed by atoms with Gasteiger partial charge in [-0.3, -0.25) is 14.4 Å². The van der Waals surface area contributed by atoms with Crippen LogP contribution in [0.25, 0.3) is 16.6 Å². The molecule has 0 aliphatic heterocycles. The molecule has 0 spiro atoms. The first-order valence-electron chi connectivity index (χ1n) is 8.61. The highest BCUT2D eigenvalue weighted by molar-refractivity contribution is 9.10. The highest BCUT2D eigenvalue weighted by Crippen LogP contribution is 2.20. The summed E-state index contributed by atoms with van der Waals surface area (Å²) in [5.74, 6) is 0.632. The molecular weight excluding hydrogens is 438 g/mol. The molecule has 3 aromatic carbocycles. The SMILES string of the molecule is Cc1nc2ccc(Br)cc2c(=O)n1-c1ccc(N=Cc2ccccc2Cl)cc1. The van der Waals surface area contributed by atoms with Gasteiger partial charge < -0.3 is 0 Å². The normalized spacial score (nSPS) is 11.4. The van der Waals surface area contributed by atoms with Crippen LogP contribution in [0.4, 0.5) is 5.69 Å². The molecule has 0 saturated carbocycles. The van der Waals surface area contributed by atoms with Gasteiger partial charge in [0.15, 0.2) is 0 Å². The summed E-state index contributed by atoms with van der Waals surface area (Å²) in [6, 6.07) is 20.5. The van der Waals surface area contributed by atoms with Crippen LogP contribution in [-0.4, -0.2) is 15.8 Å². The van der Waals surface area contributed by atoms with Crippen molar-refractivity contribution in [2.75, 3.05) is 0 Å². The fourth-order valence-corrected chi connectivity index (χ4v) is 3.53. The van der Waals surface area contributed by atoms with E-state index in [1.54, 1.807) is 16.8 Å². The predicted octanol–water partition coefficient (Wildman–Crippen LogP) is 5.86. The van der Waals surface area contributed by atoms with E-state index in [1.165, 1.54) is 0 Å². The van der Waals surface area contributed by atoms with Gasteiger partial charge in [0.1, 0.15) is 5.82 Å². The third-order valence-electron chi connectivity index (χ3n) is 4.36. The van der Waals surface area contributed by atoms with Crippen LogP contribution in [0.5, 0.6) is 0 Å². The number of fused-ring (bicyclic) bond motifs is 1. The molecule has 0 aliphatic carbocycles. The molecule has 0 fully saturated rings. The molecule has 4 aromatic rings. The number of rotatable bonds is 3. The second-order valence-electron chi connectivity index (χ2n) is 6.26. The first kappa shape index (κ1) is 18.6. The van der Waals surface area contributed by atoms with Crippen LogP contribution in [-0.2, 0) is 0 Å². The topological polar surface area (TPSA) is 47.2 Å². The molecule has 0 amide bonds. The zero-order valence-corrected chi connectivity index (χ0v) is 17.3. The lowest BCUT2D eigenvalue weighted by Crippen LogP contribution is -2.22. The minimum Gasteiger partial charge on any atom is -0.268 e. The molecule has 0 bridgehead atoms. The Morgan fingerprint density at radius 1 is 1.07 bits per heavy atom. The third kappa shape index (κ3) is 3.63. The van der Waals surface area contributed by atoms with Crippen LogP contribution < -0.4 is 5.56 Å². The maximum atomic E-state index is 13.0. The average molecular weight is 453 g/mol. The largest absolute Gasteiger partial charge is 0.268 e. The van der Waals surface area contributed by atoms with Gasteiger partial charge in [0.25, 0.3) is 5.56 Å². The summed E-state index contributed by atoms with van der Waals surface area (Å²) in [6.45, 7) is 1.83. The Bertz CT molecular complexity index is 1260. The summed E-state index contributed by atoms with van der Waals surface area (Å²) in [5.41, 5.74) is 2.95. The minimum absolute atomic E-state index is 0.101. The van der Waals surface area contributed by atoms with Crippen molar-refractivity contribution >= 4 is 50.3 Å². The monoisotopic (exact) mass is 451 g/mol. The summed E-state index contributed by atoms with van der Waals surface area (Å²) >= 11 is 9.57. The average Bonchev–Trinajstić information content (AvgIpc) is 2.69. The number of hydrogen-bond acceptors (Lipinski definition) is 3. The Kier molecular flexibility index (Phi) is 5.11. The summed E-state index contributed by atoms with van der Waals surface area (Å²) in [4.78, 5) is 22.0. The molecule has 1 aromatic heterocycles. The summed E-state index contributed by atoms with van der Waals surface area (Å²) in [5, 5.41) is 1.22. The summed E-state index contributed by atoms with van der Waals surface area (Å²) in [7, 11) is 0. The zero-order chi connectivity index (χ0) is 19.7. The van der Waals surface area contributed by atoms with Crippen molar-refractivity contribution in [3.63, 3.8) is 0 Å². The van der Waals surface area contributed by atoms with Gasteiger partial charge in [-0.05, 0) is 55.5 Å². The van der Waals surface area contributed by atoms with E-state index in [0.29, 0.717) is 21.7 Å². The van der Waals surface area contributed by atoms with Gasteiger partial charge in [0, 0.05) is 21.3 Å². The molecule has 0 atom stereocenters. The quantitative estimate of drug-likeness (QED) is 0.365. The molecule has 0 aliphatic rings. The lowest BCUT2D eigenvalue weighted by Gasteiger charge is -2.11. The van der Waals surface area contributed by atoms with Gasteiger partial charge in [-0.2, -0.15) is 0 Å². The number of aliphatic imine (C=N–C) groups is 1. The third-order valence-corrected chi connectivity index (χ3v) is 5.20. The molecule has 6 heteroatoms. The number of aryl methyl sites for hydroxylation is 1. The smallest absolute Gasteiger partial charge is 0.265 e. The van der Waals surface area contributed by atoms with E-state index in [1.807, 2.05) is 67.6 Å². The lowest BCUT2D eigenvalue weighted by atomic mass is 10.2. The molecule has 0 unspecified atom stereocenters. The maximum Gasteiger partial charge on any atom is 0.265 e. The van der Waals surface area contributed by atoms with Crippen LogP contribution in [0.2, 0.25) is 5.02 Å². The number of aromatic nitrogens is 2. The lowest BCUT2D eigenvalue weighted by molar-refractivity contribution is 0.895. The van der Waals surface area contributed by atoms with Gasteiger partial charge in [0.05, 0.1) is 22.3 Å². The van der Waals surface area contributed by atoms with Crippen LogP contribution >= 0.6 is 27.5 Å². The Hall–Kier alpha value is -2.76. The predicted molar refractivity (Wildman–Crippen MR) is 118 cm³/mol. The van der Waals surface area contributed by atoms with Crippen molar-refractivity contribution in [1.29, 1.82) is 0 Å². The van der Waals surface area contributed by atoms with E-state index in [-0.39, 0.29) is 5.56 Å². The summed E-state index contributed by atoms with van der Waals surface area (Å²) < 4.78 is 2.45. The van der Waals surface area contributed by atoms with Crippen LogP contribution in [0.15, 0.2) is 81.0 Å². The van der Waals surface area contributed by atoms with Crippen molar-refractivity contribution in [2.24, 2.45) is 4.99 Å². The fraction of sp³-hybridized carbons (Fsp3) is 0.0455. The van der Waals surface area contributed by atoms with E-state index in [4.69, 9.17) is 11.6 Å². The van der Waals surface area contributed by atoms with Crippen molar-refractivity contribution < 1.29 is 0 Å². The van der Waals surface area contributed by atoms with Crippen LogP contribution in [0.1, 0.15) is 11.4 Å². The number of hydrogen-bond donors (Lipinski definition) is 0. The van der Waals surface area contributed by atoms with Crippen LogP contribution in [0, 0.1) is 6.92 Å². The van der Waals surface area contributed by atoms with Crippen molar-refractivity contribution in [1.82, 2.24) is 9.55 Å². The Morgan fingerprint density at radius 3 is 2.57 bits per heavy atom. The van der Waals surface area contributed by atoms with Gasteiger partial charge in [0.2, 0.25) is 0 Å². The first-order chi connectivity index (χ1) is 13.5. The molecule has 1 heterocycles. The number of nitrogens with zero attached hydrogens (tertiary/aromatic N) is 3. The molecule has 0 radical (unpaired) electrons. The standard InChI is InChI=1S/C22H15BrClN3O/c1-14-26-21-11-6-16(23)12-19(21)22(28)27(14)18-9-7-17(8-10-18)25-13-15-4-2-3-5-20(15)24/h2-13H,1H3. The molecule has 28 heavy (non-hydrogen) atoms. The van der Waals surface area contributed by atoms with E-state index < -0.39 is 0 Å². The fourth-order valence-electron chi connectivity index (χ4n) is 2.98. The molecule has 0 saturated heterocycles. The van der Waals surface area contributed by atoms with Gasteiger partial charge in [-0.15, -0.1) is 0 Å². The van der Waals surface area contributed by atoms with Crippen molar-refractivity contribution in [3.8, 4) is 5.69 Å². The maximum absolute atomic E-state index is 13.0. The van der Waals surface area contributed by atoms with Crippen molar-refractivity contribution in [3.05, 3.63) is 98.0 Å². The highest BCUT2D eigenvalue weighted by Gasteiger charge is 2.10. The molecule has 138 valence electrons. The van der Waals surface area contributed by atoms with E-state index in [0.717, 1.165) is 21.4 Å². The second-order valence-corrected chi connectivity index (χ2v) is 7.58. The van der Waals surface area contributed by atoms with Gasteiger partial charge in [-0.1, -0.05) is 45.7 Å². The number of benzene rings is 3. The number of halogens is 2. The Labute approximate surface area is 175 Å². The Balaban J connectivity index is 1.71. The van der Waals surface area contributed by atoms with E-state index in [2.05, 4.69) is 25.9 Å². The minimum atomic E-state index is -0.101. The zero-order valence-electron chi connectivity index (χ0n) is 14.9. The summed E-state index contributed by atoms with van der Waals surface area (Å²) in [6.07, 6.45) is 1.73. The van der Waals surface area contributed by atoms with Gasteiger partial charge in [-0.25, -0.2) is 4.98 Å². The van der Waals surface area contributed by atoms with E-state index in [9.17, 15) is 4.79 Å². The molecule has 4 rings (SSSR count). The second kappa shape index (κ2) is 7.70. The first-order valence-corrected chi connectivity index (χ1v) is 9.78. The molecule has 0 N–H and O–H groups in total. The van der Waals surface area contributed by atoms with E-state index >= 15 is 0 Å². The van der Waals surface area contributed by atoms with Crippen LogP contribution in [0.3, 0.4) is 0 Å². The highest BCUT2D eigenvalue weighted by atomic mass is 79.9. The molecule has 4 nitrogen and oxygen atoms in total. The van der Waals surface area contributed by atoms with Crippen molar-refractivity contribution in [2.45, 2.75) is 6.92 Å². The van der Waals surface area contributed by atoms with Gasteiger partial charge >= 0.3 is 0 Å². The molecular formula is C22H15BrClN3O.